The van der Waals surface area contributed by atoms with Gasteiger partial charge in [-0.1, -0.05) is 30.5 Å². The smallest absolute Gasteiger partial charge is 0.0963 e. The molecule has 1 fully saturated rings. The normalized spacial score (nSPS) is 21.6. The number of benzene rings is 1. The number of aliphatic hydroxyl groups is 1. The molecule has 0 spiro atoms. The van der Waals surface area contributed by atoms with E-state index in [1.54, 1.807) is 6.20 Å². The number of hydrogen-bond acceptors (Lipinski definition) is 3. The fourth-order valence-corrected chi connectivity index (χ4v) is 3.16. The molecule has 0 saturated carbocycles. The Kier molecular flexibility index (Phi) is 4.20. The van der Waals surface area contributed by atoms with Gasteiger partial charge < -0.3 is 10.4 Å². The van der Waals surface area contributed by atoms with Crippen molar-refractivity contribution >= 4 is 22.5 Å². The van der Waals surface area contributed by atoms with Crippen molar-refractivity contribution in [2.24, 2.45) is 0 Å². The summed E-state index contributed by atoms with van der Waals surface area (Å²) in [5.41, 5.74) is 1.67. The molecule has 2 N–H and O–H groups in total. The highest BCUT2D eigenvalue weighted by Gasteiger charge is 2.24. The SMILES string of the molecule is OC(c1ccc(Cl)c2cccnc12)C1CCCCCN1. The van der Waals surface area contributed by atoms with Crippen LogP contribution < -0.4 is 5.32 Å². The zero-order valence-corrected chi connectivity index (χ0v) is 12.1. The van der Waals surface area contributed by atoms with Gasteiger partial charge in [0, 0.05) is 28.2 Å². The Morgan fingerprint density at radius 1 is 1.25 bits per heavy atom. The van der Waals surface area contributed by atoms with Gasteiger partial charge in [-0.25, -0.2) is 0 Å². The molecule has 2 atom stereocenters. The molecule has 1 aliphatic heterocycles. The van der Waals surface area contributed by atoms with Crippen LogP contribution in [-0.2, 0) is 0 Å². The molecule has 2 aromatic rings. The quantitative estimate of drug-likeness (QED) is 0.890. The first kappa shape index (κ1) is 13.8. The van der Waals surface area contributed by atoms with Crippen LogP contribution in [0.4, 0.5) is 0 Å². The van der Waals surface area contributed by atoms with Crippen LogP contribution in [0.1, 0.15) is 37.4 Å². The summed E-state index contributed by atoms with van der Waals surface area (Å²) in [5, 5.41) is 15.7. The standard InChI is InChI=1S/C16H19ClN2O/c17-13-8-7-12(15-11(13)5-4-10-19-15)16(20)14-6-2-1-3-9-18-14/h4-5,7-8,10,14,16,18,20H,1-3,6,9H2. The maximum Gasteiger partial charge on any atom is 0.0963 e. The fourth-order valence-electron chi connectivity index (χ4n) is 2.94. The van der Waals surface area contributed by atoms with Crippen LogP contribution in [0.3, 0.4) is 0 Å². The molecule has 106 valence electrons. The monoisotopic (exact) mass is 290 g/mol. The third kappa shape index (κ3) is 2.66. The van der Waals surface area contributed by atoms with Gasteiger partial charge in [0.25, 0.3) is 0 Å². The van der Waals surface area contributed by atoms with Gasteiger partial charge in [-0.2, -0.15) is 0 Å². The predicted molar refractivity (Wildman–Crippen MR) is 82.0 cm³/mol. The Labute approximate surface area is 124 Å². The second-order valence-corrected chi connectivity index (χ2v) is 5.80. The lowest BCUT2D eigenvalue weighted by molar-refractivity contribution is 0.127. The van der Waals surface area contributed by atoms with Crippen molar-refractivity contribution in [2.45, 2.75) is 37.8 Å². The minimum absolute atomic E-state index is 0.101. The van der Waals surface area contributed by atoms with Crippen molar-refractivity contribution < 1.29 is 5.11 Å². The summed E-state index contributed by atoms with van der Waals surface area (Å²) in [7, 11) is 0. The summed E-state index contributed by atoms with van der Waals surface area (Å²) in [6.07, 6.45) is 5.78. The largest absolute Gasteiger partial charge is 0.387 e. The number of aromatic nitrogens is 1. The Morgan fingerprint density at radius 3 is 3.05 bits per heavy atom. The van der Waals surface area contributed by atoms with Crippen LogP contribution in [0.15, 0.2) is 30.5 Å². The molecule has 1 saturated heterocycles. The average molecular weight is 291 g/mol. The molecule has 1 aliphatic rings. The Balaban J connectivity index is 1.98. The van der Waals surface area contributed by atoms with Crippen molar-refractivity contribution in [2.75, 3.05) is 6.54 Å². The van der Waals surface area contributed by atoms with E-state index in [1.807, 2.05) is 24.3 Å². The Morgan fingerprint density at radius 2 is 2.15 bits per heavy atom. The topological polar surface area (TPSA) is 45.2 Å². The number of halogens is 1. The van der Waals surface area contributed by atoms with E-state index in [0.717, 1.165) is 35.9 Å². The minimum Gasteiger partial charge on any atom is -0.387 e. The summed E-state index contributed by atoms with van der Waals surface area (Å²) in [4.78, 5) is 4.41. The minimum atomic E-state index is -0.539. The average Bonchev–Trinajstić information content (AvgIpc) is 2.76. The number of rotatable bonds is 2. The van der Waals surface area contributed by atoms with Gasteiger partial charge in [-0.15, -0.1) is 0 Å². The third-order valence-corrected chi connectivity index (χ3v) is 4.38. The Hall–Kier alpha value is -1.16. The van der Waals surface area contributed by atoms with Gasteiger partial charge in [-0.05, 0) is 37.6 Å². The molecular formula is C16H19ClN2O. The van der Waals surface area contributed by atoms with Crippen LogP contribution >= 0.6 is 11.6 Å². The lowest BCUT2D eigenvalue weighted by atomic mass is 9.96. The number of fused-ring (bicyclic) bond motifs is 1. The number of nitrogens with one attached hydrogen (secondary N) is 1. The van der Waals surface area contributed by atoms with Crippen molar-refractivity contribution in [1.29, 1.82) is 0 Å². The number of nitrogens with zero attached hydrogens (tertiary/aromatic N) is 1. The van der Waals surface area contributed by atoms with Crippen molar-refractivity contribution in [3.63, 3.8) is 0 Å². The summed E-state index contributed by atoms with van der Waals surface area (Å²) < 4.78 is 0. The highest BCUT2D eigenvalue weighted by atomic mass is 35.5. The molecule has 2 heterocycles. The second-order valence-electron chi connectivity index (χ2n) is 5.39. The summed E-state index contributed by atoms with van der Waals surface area (Å²) in [6, 6.07) is 7.66. The molecule has 0 aliphatic carbocycles. The van der Waals surface area contributed by atoms with E-state index in [4.69, 9.17) is 11.6 Å². The van der Waals surface area contributed by atoms with E-state index in [1.165, 1.54) is 12.8 Å². The highest BCUT2D eigenvalue weighted by Crippen LogP contribution is 2.31. The summed E-state index contributed by atoms with van der Waals surface area (Å²) >= 11 is 6.21. The van der Waals surface area contributed by atoms with E-state index < -0.39 is 6.10 Å². The lowest BCUT2D eigenvalue weighted by Crippen LogP contribution is -2.34. The molecule has 0 bridgehead atoms. The first-order chi connectivity index (χ1) is 9.77. The molecule has 3 rings (SSSR count). The van der Waals surface area contributed by atoms with Gasteiger partial charge in [0.05, 0.1) is 11.6 Å². The summed E-state index contributed by atoms with van der Waals surface area (Å²) in [6.45, 7) is 0.973. The van der Waals surface area contributed by atoms with E-state index in [-0.39, 0.29) is 6.04 Å². The number of pyridine rings is 1. The molecule has 20 heavy (non-hydrogen) atoms. The van der Waals surface area contributed by atoms with Gasteiger partial charge in [0.15, 0.2) is 0 Å². The van der Waals surface area contributed by atoms with Crippen LogP contribution in [0, 0.1) is 0 Å². The first-order valence-electron chi connectivity index (χ1n) is 7.22. The number of aliphatic hydroxyl groups excluding tert-OH is 1. The maximum absolute atomic E-state index is 10.7. The third-order valence-electron chi connectivity index (χ3n) is 4.05. The first-order valence-corrected chi connectivity index (χ1v) is 7.60. The van der Waals surface area contributed by atoms with Crippen LogP contribution in [0.2, 0.25) is 5.02 Å². The molecule has 4 heteroatoms. The molecule has 1 aromatic heterocycles. The van der Waals surface area contributed by atoms with Crippen molar-refractivity contribution in [1.82, 2.24) is 10.3 Å². The van der Waals surface area contributed by atoms with E-state index in [2.05, 4.69) is 10.3 Å². The lowest BCUT2D eigenvalue weighted by Gasteiger charge is -2.23. The molecule has 2 unspecified atom stereocenters. The molecule has 1 aromatic carbocycles. The zero-order chi connectivity index (χ0) is 13.9. The Bertz CT molecular complexity index is 594. The van der Waals surface area contributed by atoms with Crippen LogP contribution in [-0.4, -0.2) is 22.7 Å². The predicted octanol–water partition coefficient (Wildman–Crippen LogP) is 3.45. The second kappa shape index (κ2) is 6.08. The molecule has 3 nitrogen and oxygen atoms in total. The molecule has 0 amide bonds. The zero-order valence-electron chi connectivity index (χ0n) is 11.3. The molecule has 0 radical (unpaired) electrons. The van der Waals surface area contributed by atoms with Crippen molar-refractivity contribution in [3.8, 4) is 0 Å². The van der Waals surface area contributed by atoms with Gasteiger partial charge in [0.2, 0.25) is 0 Å². The fraction of sp³-hybridized carbons (Fsp3) is 0.438. The maximum atomic E-state index is 10.7. The van der Waals surface area contributed by atoms with E-state index in [0.29, 0.717) is 5.02 Å². The highest BCUT2D eigenvalue weighted by molar-refractivity contribution is 6.35. The van der Waals surface area contributed by atoms with E-state index in [9.17, 15) is 5.11 Å². The van der Waals surface area contributed by atoms with Crippen LogP contribution in [0.25, 0.3) is 10.9 Å². The molecular weight excluding hydrogens is 272 g/mol. The number of hydrogen-bond donors (Lipinski definition) is 2. The van der Waals surface area contributed by atoms with Gasteiger partial charge in [-0.3, -0.25) is 4.98 Å². The summed E-state index contributed by atoms with van der Waals surface area (Å²) in [5.74, 6) is 0. The van der Waals surface area contributed by atoms with Crippen LogP contribution in [0.5, 0.6) is 0 Å². The van der Waals surface area contributed by atoms with E-state index >= 15 is 0 Å². The van der Waals surface area contributed by atoms with Gasteiger partial charge >= 0.3 is 0 Å². The van der Waals surface area contributed by atoms with Crippen molar-refractivity contribution in [3.05, 3.63) is 41.0 Å². The van der Waals surface area contributed by atoms with Gasteiger partial charge in [0.1, 0.15) is 0 Å².